The third-order valence-corrected chi connectivity index (χ3v) is 7.04. The molecule has 0 saturated carbocycles. The summed E-state index contributed by atoms with van der Waals surface area (Å²) in [6.45, 7) is 6.74. The zero-order valence-corrected chi connectivity index (χ0v) is 20.4. The van der Waals surface area contributed by atoms with Crippen molar-refractivity contribution in [2.45, 2.75) is 40.3 Å². The molecule has 0 aliphatic heterocycles. The van der Waals surface area contributed by atoms with Gasteiger partial charge in [-0.1, -0.05) is 23.8 Å². The molecule has 3 heterocycles. The van der Waals surface area contributed by atoms with Crippen molar-refractivity contribution in [1.82, 2.24) is 9.55 Å². The molecule has 0 spiro atoms. The van der Waals surface area contributed by atoms with Gasteiger partial charge in [-0.3, -0.25) is 4.79 Å². The number of amides is 1. The average Bonchev–Trinajstić information content (AvgIpc) is 3.52. The number of ether oxygens (including phenoxy) is 1. The summed E-state index contributed by atoms with van der Waals surface area (Å²) >= 11 is 3.08. The second-order valence-corrected chi connectivity index (χ2v) is 9.82. The summed E-state index contributed by atoms with van der Waals surface area (Å²) in [7, 11) is 0. The Kier molecular flexibility index (Phi) is 7.05. The highest BCUT2D eigenvalue weighted by Crippen LogP contribution is 2.21. The Balaban J connectivity index is 1.32. The summed E-state index contributed by atoms with van der Waals surface area (Å²) in [5.74, 6) is -0.498. The van der Waals surface area contributed by atoms with Gasteiger partial charge in [0.2, 0.25) is 5.91 Å². The predicted molar refractivity (Wildman–Crippen MR) is 132 cm³/mol. The number of hydrogen-bond donors (Lipinski definition) is 1. The normalized spacial score (nSPS) is 10.9. The molecule has 0 atom stereocenters. The van der Waals surface area contributed by atoms with E-state index in [1.54, 1.807) is 11.3 Å². The molecule has 1 amide bonds. The SMILES string of the molecule is Cc1ccc(NC(=O)Cc2nc(COC(=O)c3cc(C)n(Cc4cccs4)c3C)cs2)cc1. The third kappa shape index (κ3) is 5.77. The van der Waals surface area contributed by atoms with Gasteiger partial charge in [-0.05, 0) is 50.4 Å². The van der Waals surface area contributed by atoms with E-state index in [2.05, 4.69) is 20.9 Å². The van der Waals surface area contributed by atoms with E-state index >= 15 is 0 Å². The largest absolute Gasteiger partial charge is 0.455 e. The minimum atomic E-state index is -0.368. The van der Waals surface area contributed by atoms with E-state index in [9.17, 15) is 9.59 Å². The van der Waals surface area contributed by atoms with E-state index in [-0.39, 0.29) is 24.9 Å². The van der Waals surface area contributed by atoms with Gasteiger partial charge in [-0.15, -0.1) is 22.7 Å². The van der Waals surface area contributed by atoms with Crippen LogP contribution in [0.2, 0.25) is 0 Å². The molecule has 1 aromatic carbocycles. The van der Waals surface area contributed by atoms with Crippen LogP contribution < -0.4 is 5.32 Å². The minimum Gasteiger partial charge on any atom is -0.455 e. The van der Waals surface area contributed by atoms with Crippen molar-refractivity contribution in [1.29, 1.82) is 0 Å². The van der Waals surface area contributed by atoms with E-state index in [4.69, 9.17) is 4.74 Å². The van der Waals surface area contributed by atoms with Crippen molar-refractivity contribution < 1.29 is 14.3 Å². The van der Waals surface area contributed by atoms with E-state index in [1.165, 1.54) is 16.2 Å². The molecule has 0 saturated heterocycles. The number of aromatic nitrogens is 2. The minimum absolute atomic E-state index is 0.0729. The Morgan fingerprint density at radius 1 is 1.09 bits per heavy atom. The van der Waals surface area contributed by atoms with E-state index in [0.717, 1.165) is 29.2 Å². The number of nitrogens with zero attached hydrogens (tertiary/aromatic N) is 2. The zero-order valence-electron chi connectivity index (χ0n) is 18.8. The molecule has 4 aromatic rings. The first-order valence-electron chi connectivity index (χ1n) is 10.5. The van der Waals surface area contributed by atoms with Gasteiger partial charge in [0.05, 0.1) is 24.2 Å². The topological polar surface area (TPSA) is 73.2 Å². The molecule has 4 rings (SSSR count). The number of aryl methyl sites for hydroxylation is 2. The molecule has 8 heteroatoms. The van der Waals surface area contributed by atoms with Gasteiger partial charge in [-0.2, -0.15) is 0 Å². The smallest absolute Gasteiger partial charge is 0.340 e. The average molecular weight is 480 g/mol. The molecule has 0 aliphatic rings. The Bertz CT molecular complexity index is 1250. The molecule has 33 heavy (non-hydrogen) atoms. The number of thiophene rings is 1. The number of anilines is 1. The van der Waals surface area contributed by atoms with Gasteiger partial charge in [-0.25, -0.2) is 9.78 Å². The standard InChI is InChI=1S/C25H25N3O3S2/c1-16-6-8-19(9-7-16)26-23(29)12-24-27-20(15-33-24)14-31-25(30)22-11-17(2)28(18(22)3)13-21-5-4-10-32-21/h4-11,15H,12-14H2,1-3H3,(H,26,29). The highest BCUT2D eigenvalue weighted by molar-refractivity contribution is 7.10. The molecular formula is C25H25N3O3S2. The highest BCUT2D eigenvalue weighted by Gasteiger charge is 2.18. The van der Waals surface area contributed by atoms with Crippen LogP contribution in [0.3, 0.4) is 0 Å². The third-order valence-electron chi connectivity index (χ3n) is 5.29. The summed E-state index contributed by atoms with van der Waals surface area (Å²) in [5, 5.41) is 7.42. The van der Waals surface area contributed by atoms with E-state index in [0.29, 0.717) is 16.3 Å². The van der Waals surface area contributed by atoms with E-state index in [1.807, 2.05) is 67.9 Å². The maximum atomic E-state index is 12.7. The van der Waals surface area contributed by atoms with Crippen molar-refractivity contribution in [3.8, 4) is 0 Å². The van der Waals surface area contributed by atoms with Crippen molar-refractivity contribution in [2.24, 2.45) is 0 Å². The van der Waals surface area contributed by atoms with Crippen LogP contribution in [-0.2, 0) is 29.1 Å². The lowest BCUT2D eigenvalue weighted by atomic mass is 10.2. The van der Waals surface area contributed by atoms with Crippen molar-refractivity contribution in [3.05, 3.63) is 91.3 Å². The molecule has 0 unspecified atom stereocenters. The summed E-state index contributed by atoms with van der Waals surface area (Å²) in [5.41, 5.74) is 5.00. The lowest BCUT2D eigenvalue weighted by Gasteiger charge is -2.08. The van der Waals surface area contributed by atoms with Crippen LogP contribution >= 0.6 is 22.7 Å². The van der Waals surface area contributed by atoms with Gasteiger partial charge < -0.3 is 14.6 Å². The summed E-state index contributed by atoms with van der Waals surface area (Å²) in [6.07, 6.45) is 0.177. The van der Waals surface area contributed by atoms with E-state index < -0.39 is 0 Å². The van der Waals surface area contributed by atoms with Crippen LogP contribution in [0.25, 0.3) is 0 Å². The molecule has 0 radical (unpaired) electrons. The maximum absolute atomic E-state index is 12.7. The summed E-state index contributed by atoms with van der Waals surface area (Å²) in [6, 6.07) is 13.6. The molecule has 6 nitrogen and oxygen atoms in total. The first kappa shape index (κ1) is 22.9. The molecule has 170 valence electrons. The van der Waals surface area contributed by atoms with Crippen LogP contribution in [0.5, 0.6) is 0 Å². The van der Waals surface area contributed by atoms with Crippen LogP contribution in [-0.4, -0.2) is 21.4 Å². The van der Waals surface area contributed by atoms with Crippen molar-refractivity contribution >= 4 is 40.2 Å². The number of thiazole rings is 1. The quantitative estimate of drug-likeness (QED) is 0.338. The fourth-order valence-electron chi connectivity index (χ4n) is 3.50. The first-order chi connectivity index (χ1) is 15.9. The summed E-state index contributed by atoms with van der Waals surface area (Å²) < 4.78 is 7.64. The van der Waals surface area contributed by atoms with Crippen molar-refractivity contribution in [2.75, 3.05) is 5.32 Å². The second-order valence-electron chi connectivity index (χ2n) is 7.85. The molecule has 3 aromatic heterocycles. The number of carbonyl (C=O) groups is 2. The number of hydrogen-bond acceptors (Lipinski definition) is 6. The fourth-order valence-corrected chi connectivity index (χ4v) is 4.97. The predicted octanol–water partition coefficient (Wildman–Crippen LogP) is 5.52. The number of esters is 1. The number of nitrogens with one attached hydrogen (secondary N) is 1. The van der Waals surface area contributed by atoms with Crippen LogP contribution in [0.15, 0.2) is 53.2 Å². The maximum Gasteiger partial charge on any atom is 0.340 e. The Hall–Kier alpha value is -3.23. The fraction of sp³-hybridized carbons (Fsp3) is 0.240. The second kappa shape index (κ2) is 10.1. The van der Waals surface area contributed by atoms with Crippen LogP contribution in [0.4, 0.5) is 5.69 Å². The van der Waals surface area contributed by atoms with Gasteiger partial charge in [0.25, 0.3) is 0 Å². The highest BCUT2D eigenvalue weighted by atomic mass is 32.1. The molecular weight excluding hydrogens is 454 g/mol. The Morgan fingerprint density at radius 2 is 1.88 bits per heavy atom. The molecule has 1 N–H and O–H groups in total. The zero-order chi connectivity index (χ0) is 23.4. The first-order valence-corrected chi connectivity index (χ1v) is 12.3. The Morgan fingerprint density at radius 3 is 2.61 bits per heavy atom. The van der Waals surface area contributed by atoms with Crippen molar-refractivity contribution in [3.63, 3.8) is 0 Å². The molecule has 0 bridgehead atoms. The van der Waals surface area contributed by atoms with Gasteiger partial charge in [0.1, 0.15) is 11.6 Å². The van der Waals surface area contributed by atoms with Gasteiger partial charge >= 0.3 is 5.97 Å². The van der Waals surface area contributed by atoms with Gasteiger partial charge in [0.15, 0.2) is 0 Å². The number of rotatable bonds is 8. The van der Waals surface area contributed by atoms with Crippen LogP contribution in [0.1, 0.15) is 42.9 Å². The Labute approximate surface area is 200 Å². The molecule has 0 aliphatic carbocycles. The summed E-state index contributed by atoms with van der Waals surface area (Å²) in [4.78, 5) is 30.7. The molecule has 0 fully saturated rings. The van der Waals surface area contributed by atoms with Gasteiger partial charge in [0, 0.05) is 27.3 Å². The monoisotopic (exact) mass is 479 g/mol. The lowest BCUT2D eigenvalue weighted by molar-refractivity contribution is -0.115. The van der Waals surface area contributed by atoms with Crippen LogP contribution in [0, 0.1) is 20.8 Å². The lowest BCUT2D eigenvalue weighted by Crippen LogP contribution is -2.14. The number of carbonyl (C=O) groups excluding carboxylic acids is 2. The number of benzene rings is 1.